The van der Waals surface area contributed by atoms with Crippen molar-refractivity contribution in [3.8, 4) is 0 Å². The summed E-state index contributed by atoms with van der Waals surface area (Å²) in [4.78, 5) is 23.1. The van der Waals surface area contributed by atoms with Crippen molar-refractivity contribution in [3.63, 3.8) is 0 Å². The highest BCUT2D eigenvalue weighted by molar-refractivity contribution is 5.67. The molecule has 0 aromatic carbocycles. The van der Waals surface area contributed by atoms with Gasteiger partial charge in [-0.2, -0.15) is 0 Å². The van der Waals surface area contributed by atoms with Crippen LogP contribution in [0.2, 0.25) is 0 Å². The normalized spacial score (nSPS) is 68.4. The molecule has 12 unspecified atom stereocenters. The molecule has 0 saturated heterocycles. The number of carbonyl (C=O) groups excluding carboxylic acids is 2. The van der Waals surface area contributed by atoms with E-state index >= 15 is 0 Å². The molecular weight excluding hydrogens is 260 g/mol. The highest BCUT2D eigenvalue weighted by Gasteiger charge is 2.73. The van der Waals surface area contributed by atoms with Crippen molar-refractivity contribution in [2.24, 2.45) is 71.0 Å². The molecule has 0 aliphatic heterocycles. The number of fused-ring (bicyclic) bond motifs is 16. The molecule has 0 spiro atoms. The third-order valence-corrected chi connectivity index (χ3v) is 9.29. The van der Waals surface area contributed by atoms with E-state index in [-0.39, 0.29) is 11.8 Å². The molecule has 6 aliphatic rings. The minimum Gasteiger partial charge on any atom is -0.303 e. The van der Waals surface area contributed by atoms with Gasteiger partial charge >= 0.3 is 0 Å². The van der Waals surface area contributed by atoms with Gasteiger partial charge in [-0.15, -0.1) is 0 Å². The summed E-state index contributed by atoms with van der Waals surface area (Å²) < 4.78 is 0. The zero-order chi connectivity index (χ0) is 13.9. The van der Waals surface area contributed by atoms with Crippen molar-refractivity contribution in [1.82, 2.24) is 0 Å². The van der Waals surface area contributed by atoms with Gasteiger partial charge in [0.25, 0.3) is 0 Å². The second-order valence-electron chi connectivity index (χ2n) is 9.20. The quantitative estimate of drug-likeness (QED) is 0.577. The molecule has 6 saturated carbocycles. The molecule has 21 heavy (non-hydrogen) atoms. The Morgan fingerprint density at radius 2 is 1.05 bits per heavy atom. The van der Waals surface area contributed by atoms with Crippen LogP contribution in [0.5, 0.6) is 0 Å². The Kier molecular flexibility index (Phi) is 2.05. The summed E-state index contributed by atoms with van der Waals surface area (Å²) in [6.07, 6.45) is 9.45. The Bertz CT molecular complexity index is 484. The Balaban J connectivity index is 1.42. The molecule has 0 heterocycles. The van der Waals surface area contributed by atoms with Crippen LogP contribution in [0, 0.1) is 71.0 Å². The average Bonchev–Trinajstić information content (AvgIpc) is 3.30. The SMILES string of the molecule is O=CC1C(C=O)C2CC1C1C3CC(C4C5CCC(C5)C34)C21. The lowest BCUT2D eigenvalue weighted by Gasteiger charge is -2.47. The first kappa shape index (κ1) is 11.8. The minimum atomic E-state index is 0.0742. The summed E-state index contributed by atoms with van der Waals surface area (Å²) in [7, 11) is 0. The standard InChI is InChI=1S/C19H24O2/c20-6-14-10-4-11(15(14)7-21)19-13-5-12(18(10)19)16-8-1-2-9(3-8)17(13)16/h6-19H,1-5H2. The molecule has 0 amide bonds. The van der Waals surface area contributed by atoms with Gasteiger partial charge in [0.2, 0.25) is 0 Å². The van der Waals surface area contributed by atoms with Crippen LogP contribution in [-0.2, 0) is 9.59 Å². The monoisotopic (exact) mass is 284 g/mol. The van der Waals surface area contributed by atoms with E-state index in [2.05, 4.69) is 0 Å². The fraction of sp³-hybridized carbons (Fsp3) is 0.895. The Morgan fingerprint density at radius 1 is 0.571 bits per heavy atom. The van der Waals surface area contributed by atoms with Crippen molar-refractivity contribution in [1.29, 1.82) is 0 Å². The summed E-state index contributed by atoms with van der Waals surface area (Å²) >= 11 is 0. The number of aldehydes is 2. The van der Waals surface area contributed by atoms with E-state index in [4.69, 9.17) is 0 Å². The third-order valence-electron chi connectivity index (χ3n) is 9.29. The molecule has 6 rings (SSSR count). The van der Waals surface area contributed by atoms with Crippen LogP contribution >= 0.6 is 0 Å². The molecule has 0 N–H and O–H groups in total. The van der Waals surface area contributed by atoms with E-state index in [1.165, 1.54) is 32.1 Å². The van der Waals surface area contributed by atoms with Crippen LogP contribution in [0.3, 0.4) is 0 Å². The minimum absolute atomic E-state index is 0.0742. The lowest BCUT2D eigenvalue weighted by atomic mass is 9.57. The van der Waals surface area contributed by atoms with E-state index in [0.29, 0.717) is 11.8 Å². The van der Waals surface area contributed by atoms with Gasteiger partial charge in [0.1, 0.15) is 12.6 Å². The van der Waals surface area contributed by atoms with E-state index < -0.39 is 0 Å². The zero-order valence-electron chi connectivity index (χ0n) is 12.4. The lowest BCUT2D eigenvalue weighted by Crippen LogP contribution is -2.45. The van der Waals surface area contributed by atoms with Crippen LogP contribution < -0.4 is 0 Å². The first-order valence-electron chi connectivity index (χ1n) is 9.24. The molecule has 2 heteroatoms. The molecule has 0 radical (unpaired) electrons. The highest BCUT2D eigenvalue weighted by Crippen LogP contribution is 2.77. The molecular formula is C19H24O2. The van der Waals surface area contributed by atoms with Gasteiger partial charge < -0.3 is 9.59 Å². The molecule has 6 bridgehead atoms. The number of rotatable bonds is 2. The van der Waals surface area contributed by atoms with Gasteiger partial charge in [-0.3, -0.25) is 0 Å². The van der Waals surface area contributed by atoms with Crippen LogP contribution in [-0.4, -0.2) is 12.6 Å². The van der Waals surface area contributed by atoms with Gasteiger partial charge in [-0.1, -0.05) is 0 Å². The molecule has 6 fully saturated rings. The Labute approximate surface area is 126 Å². The van der Waals surface area contributed by atoms with Crippen molar-refractivity contribution in [3.05, 3.63) is 0 Å². The summed E-state index contributed by atoms with van der Waals surface area (Å²) in [6.45, 7) is 0. The van der Waals surface area contributed by atoms with E-state index in [1.54, 1.807) is 0 Å². The molecule has 12 atom stereocenters. The molecule has 2 nitrogen and oxygen atoms in total. The van der Waals surface area contributed by atoms with Gasteiger partial charge in [0, 0.05) is 11.8 Å². The van der Waals surface area contributed by atoms with Gasteiger partial charge in [-0.05, 0) is 91.3 Å². The topological polar surface area (TPSA) is 34.1 Å². The molecule has 6 aliphatic carbocycles. The summed E-state index contributed by atoms with van der Waals surface area (Å²) in [5.74, 6) is 8.93. The van der Waals surface area contributed by atoms with Crippen LogP contribution in [0.1, 0.15) is 32.1 Å². The fourth-order valence-electron chi connectivity index (χ4n) is 9.29. The van der Waals surface area contributed by atoms with Gasteiger partial charge in [-0.25, -0.2) is 0 Å². The van der Waals surface area contributed by atoms with Crippen molar-refractivity contribution < 1.29 is 9.59 Å². The first-order valence-corrected chi connectivity index (χ1v) is 9.24. The average molecular weight is 284 g/mol. The van der Waals surface area contributed by atoms with E-state index in [0.717, 1.165) is 59.9 Å². The molecule has 112 valence electrons. The third kappa shape index (κ3) is 1.11. The Morgan fingerprint density at radius 3 is 1.52 bits per heavy atom. The number of hydrogen-bond donors (Lipinski definition) is 0. The molecule has 0 aromatic heterocycles. The highest BCUT2D eigenvalue weighted by atomic mass is 16.1. The summed E-state index contributed by atoms with van der Waals surface area (Å²) in [6, 6.07) is 0. The lowest BCUT2D eigenvalue weighted by molar-refractivity contribution is -0.125. The molecule has 0 aromatic rings. The Hall–Kier alpha value is -0.660. The maximum Gasteiger partial charge on any atom is 0.124 e. The maximum absolute atomic E-state index is 11.6. The van der Waals surface area contributed by atoms with Crippen LogP contribution in [0.4, 0.5) is 0 Å². The predicted octanol–water partition coefficient (Wildman–Crippen LogP) is 2.81. The zero-order valence-corrected chi connectivity index (χ0v) is 12.4. The van der Waals surface area contributed by atoms with Crippen LogP contribution in [0.25, 0.3) is 0 Å². The van der Waals surface area contributed by atoms with E-state index in [9.17, 15) is 9.59 Å². The number of hydrogen-bond acceptors (Lipinski definition) is 2. The number of carbonyl (C=O) groups is 2. The fourth-order valence-corrected chi connectivity index (χ4v) is 9.29. The second kappa shape index (κ2) is 3.63. The van der Waals surface area contributed by atoms with Gasteiger partial charge in [0.15, 0.2) is 0 Å². The smallest absolute Gasteiger partial charge is 0.124 e. The van der Waals surface area contributed by atoms with Crippen molar-refractivity contribution in [2.75, 3.05) is 0 Å². The maximum atomic E-state index is 11.6. The summed E-state index contributed by atoms with van der Waals surface area (Å²) in [5, 5.41) is 0. The largest absolute Gasteiger partial charge is 0.303 e. The predicted molar refractivity (Wildman–Crippen MR) is 77.1 cm³/mol. The first-order chi connectivity index (χ1) is 10.3. The summed E-state index contributed by atoms with van der Waals surface area (Å²) in [5.41, 5.74) is 0. The van der Waals surface area contributed by atoms with Crippen molar-refractivity contribution >= 4 is 12.6 Å². The second-order valence-corrected chi connectivity index (χ2v) is 9.20. The van der Waals surface area contributed by atoms with Crippen LogP contribution in [0.15, 0.2) is 0 Å². The van der Waals surface area contributed by atoms with Crippen molar-refractivity contribution in [2.45, 2.75) is 32.1 Å². The van der Waals surface area contributed by atoms with E-state index in [1.807, 2.05) is 0 Å². The van der Waals surface area contributed by atoms with Gasteiger partial charge in [0.05, 0.1) is 0 Å².